The van der Waals surface area contributed by atoms with Crippen LogP contribution >= 0.6 is 0 Å². The fraction of sp³-hybridized carbons (Fsp3) is 0.333. The molecule has 0 spiro atoms. The van der Waals surface area contributed by atoms with Gasteiger partial charge >= 0.3 is 0 Å². The Kier molecular flexibility index (Phi) is 5.93. The summed E-state index contributed by atoms with van der Waals surface area (Å²) in [6, 6.07) is 10.0. The number of benzene rings is 1. The first-order valence-corrected chi connectivity index (χ1v) is 6.84. The topological polar surface area (TPSA) is 68.2 Å². The largest absolute Gasteiger partial charge is 0.383 e. The fourth-order valence-electron chi connectivity index (χ4n) is 1.89. The van der Waals surface area contributed by atoms with Gasteiger partial charge in [0.1, 0.15) is 0 Å². The lowest BCUT2D eigenvalue weighted by Gasteiger charge is -2.09. The summed E-state index contributed by atoms with van der Waals surface area (Å²) in [5.74, 6) is 0.434. The summed E-state index contributed by atoms with van der Waals surface area (Å²) in [4.78, 5) is 16.0. The first kappa shape index (κ1) is 15.2. The summed E-state index contributed by atoms with van der Waals surface area (Å²) in [6.45, 7) is 2.13. The molecule has 0 aliphatic heterocycles. The Morgan fingerprint density at radius 1 is 1.33 bits per heavy atom. The summed E-state index contributed by atoms with van der Waals surface area (Å²) >= 11 is 0. The highest BCUT2D eigenvalue weighted by Crippen LogP contribution is 2.08. The molecule has 2 rings (SSSR count). The highest BCUT2D eigenvalue weighted by molar-refractivity contribution is 5.90. The molecule has 0 saturated carbocycles. The molecule has 0 radical (unpaired) electrons. The van der Waals surface area contributed by atoms with Crippen LogP contribution in [-0.4, -0.2) is 42.3 Å². The number of ether oxygens (including phenoxy) is 1. The molecule has 2 N–H and O–H groups in total. The van der Waals surface area contributed by atoms with Gasteiger partial charge in [-0.15, -0.1) is 0 Å². The maximum atomic E-state index is 11.8. The Morgan fingerprint density at radius 2 is 2.14 bits per heavy atom. The van der Waals surface area contributed by atoms with Gasteiger partial charge in [-0.3, -0.25) is 10.1 Å². The van der Waals surface area contributed by atoms with E-state index in [2.05, 4.69) is 15.6 Å². The second-order valence-corrected chi connectivity index (χ2v) is 4.58. The summed E-state index contributed by atoms with van der Waals surface area (Å²) in [5.41, 5.74) is 1.16. The van der Waals surface area contributed by atoms with Crippen molar-refractivity contribution in [2.75, 3.05) is 32.1 Å². The zero-order valence-electron chi connectivity index (χ0n) is 12.1. The molecule has 2 aromatic rings. The minimum atomic E-state index is -0.119. The fourth-order valence-corrected chi connectivity index (χ4v) is 1.89. The van der Waals surface area contributed by atoms with Gasteiger partial charge in [0, 0.05) is 26.0 Å². The number of hydrogen-bond donors (Lipinski definition) is 2. The zero-order chi connectivity index (χ0) is 14.9. The molecule has 0 aliphatic carbocycles. The first-order chi connectivity index (χ1) is 10.3. The van der Waals surface area contributed by atoms with E-state index in [1.54, 1.807) is 13.3 Å². The minimum absolute atomic E-state index is 0.119. The number of hydrogen-bond acceptors (Lipinski definition) is 4. The van der Waals surface area contributed by atoms with Crippen LogP contribution in [0.15, 0.2) is 42.7 Å². The second kappa shape index (κ2) is 8.18. The van der Waals surface area contributed by atoms with Crippen LogP contribution in [0.1, 0.15) is 5.56 Å². The van der Waals surface area contributed by atoms with E-state index in [0.717, 1.165) is 5.56 Å². The molecule has 1 aromatic heterocycles. The molecule has 0 bridgehead atoms. The van der Waals surface area contributed by atoms with E-state index in [0.29, 0.717) is 25.6 Å². The third-order valence-corrected chi connectivity index (χ3v) is 2.93. The van der Waals surface area contributed by atoms with E-state index in [9.17, 15) is 4.79 Å². The maximum Gasteiger partial charge on any atom is 0.240 e. The van der Waals surface area contributed by atoms with Crippen LogP contribution in [-0.2, 0) is 16.1 Å². The predicted octanol–water partition coefficient (Wildman–Crippen LogP) is 1.11. The molecular formula is C15H20N4O2. The number of carbonyl (C=O) groups is 1. The van der Waals surface area contributed by atoms with Crippen LogP contribution in [0.3, 0.4) is 0 Å². The van der Waals surface area contributed by atoms with Crippen molar-refractivity contribution in [3.05, 3.63) is 48.3 Å². The Hall–Kier alpha value is -2.18. The molecule has 21 heavy (non-hydrogen) atoms. The van der Waals surface area contributed by atoms with E-state index in [1.807, 2.05) is 41.1 Å². The molecule has 0 atom stereocenters. The molecular weight excluding hydrogens is 268 g/mol. The Morgan fingerprint density at radius 3 is 2.90 bits per heavy atom. The normalized spacial score (nSPS) is 10.5. The van der Waals surface area contributed by atoms with E-state index >= 15 is 0 Å². The number of nitrogens with zero attached hydrogens (tertiary/aromatic N) is 2. The van der Waals surface area contributed by atoms with Crippen molar-refractivity contribution in [3.63, 3.8) is 0 Å². The number of anilines is 1. The molecule has 0 saturated heterocycles. The third-order valence-electron chi connectivity index (χ3n) is 2.93. The molecule has 0 unspecified atom stereocenters. The molecule has 1 heterocycles. The number of methoxy groups -OCH3 is 1. The van der Waals surface area contributed by atoms with Gasteiger partial charge in [0.15, 0.2) is 0 Å². The number of aromatic nitrogens is 2. The highest BCUT2D eigenvalue weighted by Gasteiger charge is 2.07. The number of rotatable bonds is 8. The van der Waals surface area contributed by atoms with E-state index in [-0.39, 0.29) is 12.5 Å². The first-order valence-electron chi connectivity index (χ1n) is 6.84. The van der Waals surface area contributed by atoms with Gasteiger partial charge in [0.05, 0.1) is 19.7 Å². The van der Waals surface area contributed by atoms with Gasteiger partial charge in [-0.2, -0.15) is 0 Å². The van der Waals surface area contributed by atoms with Crippen LogP contribution in [0, 0.1) is 0 Å². The van der Waals surface area contributed by atoms with Crippen molar-refractivity contribution in [2.45, 2.75) is 6.54 Å². The van der Waals surface area contributed by atoms with Crippen molar-refractivity contribution >= 4 is 11.9 Å². The lowest BCUT2D eigenvalue weighted by Crippen LogP contribution is -2.31. The molecule has 1 amide bonds. The highest BCUT2D eigenvalue weighted by atomic mass is 16.5. The smallest absolute Gasteiger partial charge is 0.240 e. The zero-order valence-corrected chi connectivity index (χ0v) is 12.1. The Labute approximate surface area is 124 Å². The van der Waals surface area contributed by atoms with Gasteiger partial charge in [-0.1, -0.05) is 30.3 Å². The summed E-state index contributed by atoms with van der Waals surface area (Å²) in [7, 11) is 1.63. The van der Waals surface area contributed by atoms with E-state index < -0.39 is 0 Å². The SMILES string of the molecule is COCCNCC(=O)Nc1nccn1Cc1ccccc1. The molecule has 0 fully saturated rings. The number of carbonyl (C=O) groups excluding carboxylic acids is 1. The monoisotopic (exact) mass is 288 g/mol. The minimum Gasteiger partial charge on any atom is -0.383 e. The number of nitrogens with one attached hydrogen (secondary N) is 2. The van der Waals surface area contributed by atoms with Crippen LogP contribution in [0.2, 0.25) is 0 Å². The van der Waals surface area contributed by atoms with Gasteiger partial charge in [-0.25, -0.2) is 4.98 Å². The molecule has 1 aromatic carbocycles. The molecule has 6 heteroatoms. The molecule has 112 valence electrons. The summed E-state index contributed by atoms with van der Waals surface area (Å²) in [5, 5.41) is 5.79. The van der Waals surface area contributed by atoms with Crippen LogP contribution in [0.5, 0.6) is 0 Å². The van der Waals surface area contributed by atoms with Crippen LogP contribution in [0.25, 0.3) is 0 Å². The van der Waals surface area contributed by atoms with Crippen LogP contribution < -0.4 is 10.6 Å². The van der Waals surface area contributed by atoms with Crippen molar-refractivity contribution in [1.29, 1.82) is 0 Å². The van der Waals surface area contributed by atoms with Gasteiger partial charge in [0.25, 0.3) is 0 Å². The lowest BCUT2D eigenvalue weighted by atomic mass is 10.2. The van der Waals surface area contributed by atoms with Gasteiger partial charge in [-0.05, 0) is 5.56 Å². The summed E-state index contributed by atoms with van der Waals surface area (Å²) < 4.78 is 6.81. The van der Waals surface area contributed by atoms with Crippen molar-refractivity contribution in [3.8, 4) is 0 Å². The van der Waals surface area contributed by atoms with Crippen molar-refractivity contribution in [1.82, 2.24) is 14.9 Å². The van der Waals surface area contributed by atoms with E-state index in [1.165, 1.54) is 0 Å². The van der Waals surface area contributed by atoms with E-state index in [4.69, 9.17) is 4.74 Å². The van der Waals surface area contributed by atoms with Crippen LogP contribution in [0.4, 0.5) is 5.95 Å². The van der Waals surface area contributed by atoms with Gasteiger partial charge in [0.2, 0.25) is 11.9 Å². The maximum absolute atomic E-state index is 11.8. The summed E-state index contributed by atoms with van der Waals surface area (Å²) in [6.07, 6.45) is 3.53. The molecule has 6 nitrogen and oxygen atoms in total. The number of imidazole rings is 1. The lowest BCUT2D eigenvalue weighted by molar-refractivity contribution is -0.115. The second-order valence-electron chi connectivity index (χ2n) is 4.58. The Bertz CT molecular complexity index is 554. The average molecular weight is 288 g/mol. The van der Waals surface area contributed by atoms with Crippen molar-refractivity contribution in [2.24, 2.45) is 0 Å². The Balaban J connectivity index is 1.87. The average Bonchev–Trinajstić information content (AvgIpc) is 2.92. The van der Waals surface area contributed by atoms with Crippen molar-refractivity contribution < 1.29 is 9.53 Å². The predicted molar refractivity (Wildman–Crippen MR) is 81.1 cm³/mol. The third kappa shape index (κ3) is 5.02. The standard InChI is InChI=1S/C15H20N4O2/c1-21-10-8-16-11-14(20)18-15-17-7-9-19(15)12-13-5-3-2-4-6-13/h2-7,9,16H,8,10-12H2,1H3,(H,17,18,20). The number of amides is 1. The molecule has 0 aliphatic rings. The quantitative estimate of drug-likeness (QED) is 0.714. The van der Waals surface area contributed by atoms with Gasteiger partial charge < -0.3 is 14.6 Å².